The first-order valence-corrected chi connectivity index (χ1v) is 5.59. The Balaban J connectivity index is 2.17. The summed E-state index contributed by atoms with van der Waals surface area (Å²) >= 11 is 3.16. The van der Waals surface area contributed by atoms with Crippen LogP contribution in [0.15, 0.2) is 22.9 Å². The molecule has 1 aliphatic rings. The van der Waals surface area contributed by atoms with Crippen molar-refractivity contribution in [2.75, 3.05) is 13.1 Å². The van der Waals surface area contributed by atoms with Crippen LogP contribution in [0.5, 0.6) is 0 Å². The summed E-state index contributed by atoms with van der Waals surface area (Å²) in [5.41, 5.74) is 0.343. The van der Waals surface area contributed by atoms with Gasteiger partial charge in [-0.05, 0) is 28.1 Å². The molecule has 1 aromatic rings. The highest BCUT2D eigenvalue weighted by atomic mass is 79.9. The van der Waals surface area contributed by atoms with Crippen molar-refractivity contribution in [3.63, 3.8) is 0 Å². The van der Waals surface area contributed by atoms with E-state index in [1.165, 1.54) is 11.1 Å². The van der Waals surface area contributed by atoms with E-state index < -0.39 is 11.8 Å². The number of hydrogen-bond acceptors (Lipinski definition) is 4. The number of halogens is 1. The van der Waals surface area contributed by atoms with Crippen LogP contribution < -0.4 is 5.32 Å². The van der Waals surface area contributed by atoms with Crippen LogP contribution in [0.25, 0.3) is 0 Å². The van der Waals surface area contributed by atoms with Crippen molar-refractivity contribution in [3.8, 4) is 0 Å². The van der Waals surface area contributed by atoms with E-state index in [0.717, 1.165) is 0 Å². The maximum absolute atomic E-state index is 11.9. The van der Waals surface area contributed by atoms with Crippen molar-refractivity contribution >= 4 is 33.7 Å². The molecule has 0 bridgehead atoms. The Morgan fingerprint density at radius 2 is 1.94 bits per heavy atom. The molecule has 0 spiro atoms. The summed E-state index contributed by atoms with van der Waals surface area (Å²) in [6.07, 6.45) is 1.39. The molecule has 1 N–H and O–H groups in total. The minimum absolute atomic E-state index is 0.110. The van der Waals surface area contributed by atoms with Gasteiger partial charge in [-0.3, -0.25) is 19.7 Å². The first kappa shape index (κ1) is 11.7. The van der Waals surface area contributed by atoms with Gasteiger partial charge in [0.2, 0.25) is 11.8 Å². The molecule has 1 aliphatic heterocycles. The van der Waals surface area contributed by atoms with Crippen molar-refractivity contribution in [2.45, 2.75) is 0 Å². The van der Waals surface area contributed by atoms with Crippen LogP contribution in [0.2, 0.25) is 0 Å². The van der Waals surface area contributed by atoms with Crippen LogP contribution in [-0.2, 0) is 9.59 Å². The molecule has 0 unspecified atom stereocenters. The Labute approximate surface area is 105 Å². The molecule has 1 aromatic heterocycles. The highest BCUT2D eigenvalue weighted by Crippen LogP contribution is 2.09. The third kappa shape index (κ3) is 2.68. The predicted molar refractivity (Wildman–Crippen MR) is 61.0 cm³/mol. The van der Waals surface area contributed by atoms with Gasteiger partial charge in [-0.25, -0.2) is 4.98 Å². The Morgan fingerprint density at radius 3 is 2.47 bits per heavy atom. The van der Waals surface area contributed by atoms with E-state index in [1.54, 1.807) is 12.1 Å². The summed E-state index contributed by atoms with van der Waals surface area (Å²) in [6, 6.07) is 3.20. The standard InChI is InChI=1S/C10H8BrN3O3/c11-7-2-1-6(3-12-7)10(17)14-4-8(15)13-9(16)5-14/h1-3H,4-5H2,(H,13,15,16). The lowest BCUT2D eigenvalue weighted by atomic mass is 10.2. The smallest absolute Gasteiger partial charge is 0.256 e. The zero-order valence-electron chi connectivity index (χ0n) is 8.64. The normalized spacial score (nSPS) is 15.7. The molecule has 88 valence electrons. The second-order valence-electron chi connectivity index (χ2n) is 3.50. The number of carbonyl (C=O) groups excluding carboxylic acids is 3. The lowest BCUT2D eigenvalue weighted by molar-refractivity contribution is -0.135. The largest absolute Gasteiger partial charge is 0.320 e. The number of nitrogens with one attached hydrogen (secondary N) is 1. The quantitative estimate of drug-likeness (QED) is 0.582. The van der Waals surface area contributed by atoms with Crippen molar-refractivity contribution in [3.05, 3.63) is 28.5 Å². The summed E-state index contributed by atoms with van der Waals surface area (Å²) in [5.74, 6) is -1.33. The van der Waals surface area contributed by atoms with Crippen LogP contribution >= 0.6 is 15.9 Å². The Morgan fingerprint density at radius 1 is 1.29 bits per heavy atom. The minimum atomic E-state index is -0.473. The van der Waals surface area contributed by atoms with Gasteiger partial charge in [0.1, 0.15) is 17.7 Å². The number of piperazine rings is 1. The molecule has 0 atom stereocenters. The number of pyridine rings is 1. The summed E-state index contributed by atoms with van der Waals surface area (Å²) in [5, 5.41) is 2.13. The third-order valence-electron chi connectivity index (χ3n) is 2.21. The SMILES string of the molecule is O=C1CN(C(=O)c2ccc(Br)nc2)CC(=O)N1. The summed E-state index contributed by atoms with van der Waals surface area (Å²) in [6.45, 7) is -0.221. The van der Waals surface area contributed by atoms with Gasteiger partial charge in [0.15, 0.2) is 0 Å². The zero-order chi connectivity index (χ0) is 12.4. The van der Waals surface area contributed by atoms with E-state index in [1.807, 2.05) is 0 Å². The number of amides is 3. The summed E-state index contributed by atoms with van der Waals surface area (Å²) < 4.78 is 0.613. The second-order valence-corrected chi connectivity index (χ2v) is 4.31. The fourth-order valence-electron chi connectivity index (χ4n) is 1.47. The maximum Gasteiger partial charge on any atom is 0.256 e. The fourth-order valence-corrected chi connectivity index (χ4v) is 1.70. The van der Waals surface area contributed by atoms with E-state index in [4.69, 9.17) is 0 Å². The molecular formula is C10H8BrN3O3. The molecule has 1 saturated heterocycles. The Kier molecular flexibility index (Phi) is 3.19. The highest BCUT2D eigenvalue weighted by Gasteiger charge is 2.27. The van der Waals surface area contributed by atoms with Crippen LogP contribution in [0.1, 0.15) is 10.4 Å². The minimum Gasteiger partial charge on any atom is -0.320 e. The van der Waals surface area contributed by atoms with Crippen molar-refractivity contribution in [2.24, 2.45) is 0 Å². The van der Waals surface area contributed by atoms with E-state index >= 15 is 0 Å². The molecule has 6 nitrogen and oxygen atoms in total. The molecular weight excluding hydrogens is 290 g/mol. The Bertz CT molecular complexity index is 470. The molecule has 1 fully saturated rings. The van der Waals surface area contributed by atoms with Crippen LogP contribution in [-0.4, -0.2) is 40.7 Å². The second kappa shape index (κ2) is 4.62. The number of aromatic nitrogens is 1. The van der Waals surface area contributed by atoms with Gasteiger partial charge in [-0.15, -0.1) is 0 Å². The van der Waals surface area contributed by atoms with Gasteiger partial charge in [-0.2, -0.15) is 0 Å². The third-order valence-corrected chi connectivity index (χ3v) is 2.68. The molecule has 17 heavy (non-hydrogen) atoms. The van der Waals surface area contributed by atoms with E-state index in [-0.39, 0.29) is 19.0 Å². The lowest BCUT2D eigenvalue weighted by Gasteiger charge is -2.25. The highest BCUT2D eigenvalue weighted by molar-refractivity contribution is 9.10. The van der Waals surface area contributed by atoms with Crippen LogP contribution in [0.4, 0.5) is 0 Å². The lowest BCUT2D eigenvalue weighted by Crippen LogP contribution is -2.53. The fraction of sp³-hybridized carbons (Fsp3) is 0.200. The number of carbonyl (C=O) groups is 3. The average molecular weight is 298 g/mol. The van der Waals surface area contributed by atoms with Gasteiger partial charge < -0.3 is 4.90 Å². The topological polar surface area (TPSA) is 79.4 Å². The van der Waals surface area contributed by atoms with E-state index in [0.29, 0.717) is 10.2 Å². The van der Waals surface area contributed by atoms with Gasteiger partial charge >= 0.3 is 0 Å². The maximum atomic E-state index is 11.9. The first-order chi connectivity index (χ1) is 8.06. The molecule has 0 aliphatic carbocycles. The first-order valence-electron chi connectivity index (χ1n) is 4.80. The van der Waals surface area contributed by atoms with Gasteiger partial charge in [0, 0.05) is 6.20 Å². The number of nitrogens with zero attached hydrogens (tertiary/aromatic N) is 2. The van der Waals surface area contributed by atoms with Crippen molar-refractivity contribution in [1.29, 1.82) is 0 Å². The molecule has 0 saturated carbocycles. The van der Waals surface area contributed by atoms with Gasteiger partial charge in [-0.1, -0.05) is 0 Å². The monoisotopic (exact) mass is 297 g/mol. The number of imide groups is 1. The van der Waals surface area contributed by atoms with E-state index in [9.17, 15) is 14.4 Å². The van der Waals surface area contributed by atoms with Crippen LogP contribution in [0.3, 0.4) is 0 Å². The average Bonchev–Trinajstić information content (AvgIpc) is 2.28. The number of hydrogen-bond donors (Lipinski definition) is 1. The Hall–Kier alpha value is -1.76. The summed E-state index contributed by atoms with van der Waals surface area (Å²) in [7, 11) is 0. The van der Waals surface area contributed by atoms with E-state index in [2.05, 4.69) is 26.2 Å². The van der Waals surface area contributed by atoms with Gasteiger partial charge in [0.25, 0.3) is 5.91 Å². The van der Waals surface area contributed by atoms with Crippen molar-refractivity contribution < 1.29 is 14.4 Å². The molecule has 0 radical (unpaired) electrons. The van der Waals surface area contributed by atoms with Gasteiger partial charge in [0.05, 0.1) is 5.56 Å². The summed E-state index contributed by atoms with van der Waals surface area (Å²) in [4.78, 5) is 39.3. The van der Waals surface area contributed by atoms with Crippen molar-refractivity contribution in [1.82, 2.24) is 15.2 Å². The number of rotatable bonds is 1. The zero-order valence-corrected chi connectivity index (χ0v) is 10.2. The van der Waals surface area contributed by atoms with Crippen LogP contribution in [0, 0.1) is 0 Å². The molecule has 2 heterocycles. The molecule has 7 heteroatoms. The molecule has 0 aromatic carbocycles. The molecule has 3 amide bonds. The predicted octanol–water partition coefficient (Wildman–Crippen LogP) is -0.0573. The molecule has 2 rings (SSSR count).